The number of fused-ring (bicyclic) bond motifs is 1. The van der Waals surface area contributed by atoms with Crippen LogP contribution in [-0.4, -0.2) is 34.4 Å². The number of rotatable bonds is 8. The van der Waals surface area contributed by atoms with Gasteiger partial charge in [0.15, 0.2) is 11.5 Å². The highest BCUT2D eigenvalue weighted by Crippen LogP contribution is 2.38. The Morgan fingerprint density at radius 1 is 1.19 bits per heavy atom. The van der Waals surface area contributed by atoms with Crippen LogP contribution in [0.25, 0.3) is 0 Å². The molecule has 0 saturated carbocycles. The van der Waals surface area contributed by atoms with Crippen molar-refractivity contribution in [3.63, 3.8) is 0 Å². The topological polar surface area (TPSA) is 90.3 Å². The normalized spacial score (nSPS) is 15.0. The number of amides is 1. The molecule has 1 atom stereocenters. The third-order valence-electron chi connectivity index (χ3n) is 5.33. The second-order valence-electron chi connectivity index (χ2n) is 7.53. The van der Waals surface area contributed by atoms with Crippen LogP contribution < -0.4 is 20.1 Å². The van der Waals surface area contributed by atoms with Crippen molar-refractivity contribution in [3.8, 4) is 11.5 Å². The number of hydrogen-bond donors (Lipinski definition) is 2. The Hall–Kier alpha value is -3.81. The Morgan fingerprint density at radius 3 is 2.75 bits per heavy atom. The lowest BCUT2D eigenvalue weighted by atomic mass is 9.94. The third-order valence-corrected chi connectivity index (χ3v) is 5.33. The maximum Gasteiger partial charge on any atom is 0.255 e. The summed E-state index contributed by atoms with van der Waals surface area (Å²) in [6, 6.07) is 14.6. The molecule has 1 amide bonds. The van der Waals surface area contributed by atoms with E-state index < -0.39 is 6.04 Å². The van der Waals surface area contributed by atoms with Gasteiger partial charge >= 0.3 is 0 Å². The molecule has 0 radical (unpaired) electrons. The van der Waals surface area contributed by atoms with Gasteiger partial charge in [0.25, 0.3) is 5.91 Å². The first-order chi connectivity index (χ1) is 15.6. The first-order valence-corrected chi connectivity index (χ1v) is 10.7. The van der Waals surface area contributed by atoms with E-state index in [1.165, 1.54) is 6.33 Å². The van der Waals surface area contributed by atoms with E-state index in [4.69, 9.17) is 9.47 Å². The Bertz CT molecular complexity index is 1120. The maximum absolute atomic E-state index is 13.4. The number of anilines is 2. The van der Waals surface area contributed by atoms with Crippen molar-refractivity contribution in [1.82, 2.24) is 14.8 Å². The van der Waals surface area contributed by atoms with Crippen molar-refractivity contribution in [2.45, 2.75) is 32.7 Å². The molecule has 1 aliphatic heterocycles. The quantitative estimate of drug-likeness (QED) is 0.512. The predicted octanol–water partition coefficient (Wildman–Crippen LogP) is 4.39. The number of hydrogen-bond acceptors (Lipinski definition) is 6. The van der Waals surface area contributed by atoms with E-state index in [-0.39, 0.29) is 5.91 Å². The van der Waals surface area contributed by atoms with Gasteiger partial charge in [0.2, 0.25) is 5.95 Å². The predicted molar refractivity (Wildman–Crippen MR) is 123 cm³/mol. The third kappa shape index (κ3) is 4.30. The number of aromatic nitrogens is 3. The molecular formula is C24H27N5O3. The Morgan fingerprint density at radius 2 is 2.00 bits per heavy atom. The number of para-hydroxylation sites is 1. The molecule has 0 spiro atoms. The molecule has 2 aromatic carbocycles. The molecule has 32 heavy (non-hydrogen) atoms. The van der Waals surface area contributed by atoms with Gasteiger partial charge < -0.3 is 20.1 Å². The largest absolute Gasteiger partial charge is 0.493 e. The minimum Gasteiger partial charge on any atom is -0.493 e. The molecule has 3 aromatic rings. The fourth-order valence-corrected chi connectivity index (χ4v) is 3.71. The van der Waals surface area contributed by atoms with Gasteiger partial charge in [0, 0.05) is 11.4 Å². The fourth-order valence-electron chi connectivity index (χ4n) is 3.71. The maximum atomic E-state index is 13.4. The molecule has 2 heterocycles. The summed E-state index contributed by atoms with van der Waals surface area (Å²) in [4.78, 5) is 17.7. The average Bonchev–Trinajstić information content (AvgIpc) is 3.27. The van der Waals surface area contributed by atoms with Crippen molar-refractivity contribution >= 4 is 17.5 Å². The van der Waals surface area contributed by atoms with Gasteiger partial charge in [-0.15, -0.1) is 0 Å². The van der Waals surface area contributed by atoms with Gasteiger partial charge in [0.1, 0.15) is 12.4 Å². The lowest BCUT2D eigenvalue weighted by Crippen LogP contribution is -2.31. The van der Waals surface area contributed by atoms with Crippen LogP contribution in [0.3, 0.4) is 0 Å². The summed E-state index contributed by atoms with van der Waals surface area (Å²) in [5, 5.41) is 10.6. The molecule has 2 N–H and O–H groups in total. The number of nitrogens with one attached hydrogen (secondary N) is 2. The number of ether oxygens (including phenoxy) is 2. The smallest absolute Gasteiger partial charge is 0.255 e. The number of unbranched alkanes of at least 4 members (excludes halogenated alkanes) is 1. The number of allylic oxidation sites excluding steroid dienone is 1. The molecule has 0 saturated heterocycles. The van der Waals surface area contributed by atoms with Crippen LogP contribution in [-0.2, 0) is 4.79 Å². The lowest BCUT2D eigenvalue weighted by molar-refractivity contribution is -0.113. The van der Waals surface area contributed by atoms with E-state index in [2.05, 4.69) is 27.6 Å². The molecule has 166 valence electrons. The highest BCUT2D eigenvalue weighted by Gasteiger charge is 2.34. The Kier molecular flexibility index (Phi) is 6.39. The Balaban J connectivity index is 1.72. The molecule has 0 bridgehead atoms. The van der Waals surface area contributed by atoms with E-state index in [1.807, 2.05) is 55.5 Å². The number of carbonyl (C=O) groups is 1. The summed E-state index contributed by atoms with van der Waals surface area (Å²) in [6.07, 6.45) is 3.49. The van der Waals surface area contributed by atoms with Crippen molar-refractivity contribution in [1.29, 1.82) is 0 Å². The number of nitrogens with zero attached hydrogens (tertiary/aromatic N) is 3. The van der Waals surface area contributed by atoms with Gasteiger partial charge in [-0.25, -0.2) is 4.68 Å². The molecule has 0 fully saturated rings. The summed E-state index contributed by atoms with van der Waals surface area (Å²) in [5.74, 6) is 1.65. The molecule has 1 aromatic heterocycles. The summed E-state index contributed by atoms with van der Waals surface area (Å²) in [5.41, 5.74) is 2.83. The molecule has 1 unspecified atom stereocenters. The van der Waals surface area contributed by atoms with Crippen LogP contribution in [0.2, 0.25) is 0 Å². The van der Waals surface area contributed by atoms with E-state index >= 15 is 0 Å². The molecular weight excluding hydrogens is 406 g/mol. The molecule has 4 rings (SSSR count). The summed E-state index contributed by atoms with van der Waals surface area (Å²) >= 11 is 0. The SMILES string of the molecule is CCCCOc1ccc(C2C(C(=O)Nc3ccccc3)=C(C)Nc3ncnn32)cc1OC. The first-order valence-electron chi connectivity index (χ1n) is 10.7. The van der Waals surface area contributed by atoms with Crippen LogP contribution in [0.5, 0.6) is 11.5 Å². The summed E-state index contributed by atoms with van der Waals surface area (Å²) in [6.45, 7) is 4.61. The van der Waals surface area contributed by atoms with Gasteiger partial charge in [-0.1, -0.05) is 37.6 Å². The van der Waals surface area contributed by atoms with Crippen LogP contribution in [0.15, 0.2) is 66.1 Å². The van der Waals surface area contributed by atoms with Gasteiger partial charge in [-0.2, -0.15) is 10.1 Å². The highest BCUT2D eigenvalue weighted by atomic mass is 16.5. The summed E-state index contributed by atoms with van der Waals surface area (Å²) < 4.78 is 13.2. The van der Waals surface area contributed by atoms with E-state index in [0.29, 0.717) is 35.3 Å². The number of methoxy groups -OCH3 is 1. The van der Waals surface area contributed by atoms with Crippen molar-refractivity contribution in [3.05, 3.63) is 71.7 Å². The monoisotopic (exact) mass is 433 g/mol. The Labute approximate surface area is 187 Å². The molecule has 8 heteroatoms. The zero-order valence-corrected chi connectivity index (χ0v) is 18.5. The van der Waals surface area contributed by atoms with Crippen molar-refractivity contribution < 1.29 is 14.3 Å². The van der Waals surface area contributed by atoms with Gasteiger partial charge in [-0.3, -0.25) is 4.79 Å². The standard InChI is InChI=1S/C24H27N5O3/c1-4-5-13-32-19-12-11-17(14-20(19)31-3)22-21(16(2)27-24-25-15-26-29(22)24)23(30)28-18-9-7-6-8-10-18/h6-12,14-15,22H,4-5,13H2,1-3H3,(H,28,30)(H,25,26,27). The summed E-state index contributed by atoms with van der Waals surface area (Å²) in [7, 11) is 1.61. The number of carbonyl (C=O) groups excluding carboxylic acids is 1. The van der Waals surface area contributed by atoms with Gasteiger partial charge in [-0.05, 0) is 43.2 Å². The van der Waals surface area contributed by atoms with Crippen molar-refractivity contribution in [2.75, 3.05) is 24.4 Å². The molecule has 8 nitrogen and oxygen atoms in total. The second-order valence-corrected chi connectivity index (χ2v) is 7.53. The van der Waals surface area contributed by atoms with Crippen LogP contribution in [0.1, 0.15) is 38.3 Å². The van der Waals surface area contributed by atoms with E-state index in [9.17, 15) is 4.79 Å². The van der Waals surface area contributed by atoms with Gasteiger partial charge in [0.05, 0.1) is 19.3 Å². The molecule has 0 aliphatic carbocycles. The minimum absolute atomic E-state index is 0.213. The van der Waals surface area contributed by atoms with E-state index in [1.54, 1.807) is 11.8 Å². The van der Waals surface area contributed by atoms with Crippen LogP contribution in [0, 0.1) is 0 Å². The average molecular weight is 434 g/mol. The zero-order valence-electron chi connectivity index (χ0n) is 18.5. The highest BCUT2D eigenvalue weighted by molar-refractivity contribution is 6.06. The zero-order chi connectivity index (χ0) is 22.5. The number of benzene rings is 2. The van der Waals surface area contributed by atoms with Crippen LogP contribution >= 0.6 is 0 Å². The molecule has 1 aliphatic rings. The fraction of sp³-hybridized carbons (Fsp3) is 0.292. The van der Waals surface area contributed by atoms with E-state index in [0.717, 1.165) is 24.1 Å². The lowest BCUT2D eigenvalue weighted by Gasteiger charge is -2.29. The van der Waals surface area contributed by atoms with Crippen molar-refractivity contribution in [2.24, 2.45) is 0 Å². The first kappa shape index (κ1) is 21.4. The van der Waals surface area contributed by atoms with Crippen LogP contribution in [0.4, 0.5) is 11.6 Å². The second kappa shape index (κ2) is 9.55. The minimum atomic E-state index is -0.476.